The Labute approximate surface area is 119 Å². The molecule has 1 saturated carbocycles. The molecular formula is C16H21NO3. The fourth-order valence-electron chi connectivity index (χ4n) is 2.88. The summed E-state index contributed by atoms with van der Waals surface area (Å²) in [5.41, 5.74) is 0.936. The van der Waals surface area contributed by atoms with E-state index in [1.54, 1.807) is 4.90 Å². The van der Waals surface area contributed by atoms with Gasteiger partial charge in [0.1, 0.15) is 6.54 Å². The third-order valence-electron chi connectivity index (χ3n) is 4.02. The summed E-state index contributed by atoms with van der Waals surface area (Å²) in [5, 5.41) is 9.05. The van der Waals surface area contributed by atoms with E-state index in [1.807, 2.05) is 37.3 Å². The van der Waals surface area contributed by atoms with Crippen LogP contribution in [-0.4, -0.2) is 34.5 Å². The Morgan fingerprint density at radius 1 is 1.25 bits per heavy atom. The highest BCUT2D eigenvalue weighted by Gasteiger charge is 2.31. The van der Waals surface area contributed by atoms with Gasteiger partial charge in [0, 0.05) is 6.04 Å². The van der Waals surface area contributed by atoms with Gasteiger partial charge in [-0.2, -0.15) is 0 Å². The first-order chi connectivity index (χ1) is 9.59. The maximum absolute atomic E-state index is 12.6. The van der Waals surface area contributed by atoms with Crippen LogP contribution in [-0.2, 0) is 9.59 Å². The van der Waals surface area contributed by atoms with Crippen molar-refractivity contribution < 1.29 is 14.7 Å². The smallest absolute Gasteiger partial charge is 0.323 e. The summed E-state index contributed by atoms with van der Waals surface area (Å²) in [7, 11) is 0. The number of rotatable bonds is 5. The molecule has 1 amide bonds. The van der Waals surface area contributed by atoms with Crippen LogP contribution >= 0.6 is 0 Å². The lowest BCUT2D eigenvalue weighted by molar-refractivity contribution is -0.146. The maximum Gasteiger partial charge on any atom is 0.323 e. The van der Waals surface area contributed by atoms with E-state index >= 15 is 0 Å². The molecule has 2 rings (SSSR count). The average Bonchev–Trinajstić information content (AvgIpc) is 2.98. The van der Waals surface area contributed by atoms with Gasteiger partial charge in [-0.15, -0.1) is 0 Å². The van der Waals surface area contributed by atoms with Crippen LogP contribution in [0.5, 0.6) is 0 Å². The largest absolute Gasteiger partial charge is 0.480 e. The number of carboxylic acid groups (broad SMARTS) is 1. The van der Waals surface area contributed by atoms with Gasteiger partial charge in [-0.3, -0.25) is 9.59 Å². The molecule has 0 aliphatic heterocycles. The minimum atomic E-state index is -0.939. The minimum absolute atomic E-state index is 0.0782. The van der Waals surface area contributed by atoms with Crippen LogP contribution in [0.1, 0.15) is 44.1 Å². The summed E-state index contributed by atoms with van der Waals surface area (Å²) in [6.07, 6.45) is 3.99. The molecule has 1 aromatic rings. The Morgan fingerprint density at radius 3 is 2.40 bits per heavy atom. The lowest BCUT2D eigenvalue weighted by Gasteiger charge is -2.30. The quantitative estimate of drug-likeness (QED) is 0.898. The minimum Gasteiger partial charge on any atom is -0.480 e. The summed E-state index contributed by atoms with van der Waals surface area (Å²) < 4.78 is 0. The molecule has 1 atom stereocenters. The summed E-state index contributed by atoms with van der Waals surface area (Å²) in [6.45, 7) is 1.65. The monoisotopic (exact) mass is 275 g/mol. The second kappa shape index (κ2) is 6.55. The number of nitrogens with zero attached hydrogens (tertiary/aromatic N) is 1. The van der Waals surface area contributed by atoms with Gasteiger partial charge in [-0.1, -0.05) is 43.2 Å². The van der Waals surface area contributed by atoms with Gasteiger partial charge in [0.2, 0.25) is 5.91 Å². The maximum atomic E-state index is 12.6. The molecular weight excluding hydrogens is 254 g/mol. The first-order valence-electron chi connectivity index (χ1n) is 7.17. The van der Waals surface area contributed by atoms with Gasteiger partial charge in [-0.05, 0) is 25.3 Å². The molecule has 4 nitrogen and oxygen atoms in total. The van der Waals surface area contributed by atoms with E-state index < -0.39 is 5.97 Å². The van der Waals surface area contributed by atoms with Gasteiger partial charge in [0.15, 0.2) is 0 Å². The fourth-order valence-corrected chi connectivity index (χ4v) is 2.88. The number of carboxylic acids is 1. The zero-order valence-corrected chi connectivity index (χ0v) is 11.8. The van der Waals surface area contributed by atoms with E-state index in [0.717, 1.165) is 31.2 Å². The number of hydrogen-bond acceptors (Lipinski definition) is 2. The Kier molecular flexibility index (Phi) is 4.77. The zero-order valence-electron chi connectivity index (χ0n) is 11.8. The van der Waals surface area contributed by atoms with Crippen molar-refractivity contribution in [3.05, 3.63) is 35.9 Å². The molecule has 0 spiro atoms. The number of benzene rings is 1. The van der Waals surface area contributed by atoms with Crippen molar-refractivity contribution in [2.75, 3.05) is 6.54 Å². The van der Waals surface area contributed by atoms with Crippen molar-refractivity contribution >= 4 is 11.9 Å². The molecule has 0 saturated heterocycles. The molecule has 1 N–H and O–H groups in total. The Balaban J connectivity index is 2.15. The number of amides is 1. The summed E-state index contributed by atoms with van der Waals surface area (Å²) in [4.78, 5) is 25.2. The van der Waals surface area contributed by atoms with Gasteiger partial charge >= 0.3 is 5.97 Å². The highest BCUT2D eigenvalue weighted by atomic mass is 16.4. The normalized spacial score (nSPS) is 16.9. The third kappa shape index (κ3) is 3.38. The van der Waals surface area contributed by atoms with Gasteiger partial charge < -0.3 is 10.0 Å². The van der Waals surface area contributed by atoms with E-state index in [2.05, 4.69) is 0 Å². The molecule has 1 fully saturated rings. The second-order valence-corrected chi connectivity index (χ2v) is 5.43. The molecule has 4 heteroatoms. The van der Waals surface area contributed by atoms with Gasteiger partial charge in [-0.25, -0.2) is 0 Å². The number of carbonyl (C=O) groups is 2. The van der Waals surface area contributed by atoms with Crippen molar-refractivity contribution in [2.45, 2.75) is 44.6 Å². The molecule has 1 unspecified atom stereocenters. The zero-order chi connectivity index (χ0) is 14.5. The molecule has 0 aromatic heterocycles. The Hall–Kier alpha value is -1.84. The number of hydrogen-bond donors (Lipinski definition) is 1. The predicted octanol–water partition coefficient (Wildman–Crippen LogP) is 2.65. The van der Waals surface area contributed by atoms with Crippen molar-refractivity contribution in [3.8, 4) is 0 Å². The summed E-state index contributed by atoms with van der Waals surface area (Å²) >= 11 is 0. The molecule has 1 aliphatic rings. The van der Waals surface area contributed by atoms with Crippen molar-refractivity contribution in [2.24, 2.45) is 0 Å². The van der Waals surface area contributed by atoms with E-state index in [-0.39, 0.29) is 24.4 Å². The first kappa shape index (κ1) is 14.6. The molecule has 108 valence electrons. The van der Waals surface area contributed by atoms with Crippen LogP contribution in [0.4, 0.5) is 0 Å². The third-order valence-corrected chi connectivity index (χ3v) is 4.02. The highest BCUT2D eigenvalue weighted by Crippen LogP contribution is 2.27. The summed E-state index contributed by atoms with van der Waals surface area (Å²) in [6, 6.07) is 9.62. The molecule has 1 aliphatic carbocycles. The van der Waals surface area contributed by atoms with Crippen LogP contribution < -0.4 is 0 Å². The van der Waals surface area contributed by atoms with E-state index in [0.29, 0.717) is 0 Å². The molecule has 0 heterocycles. The van der Waals surface area contributed by atoms with Crippen molar-refractivity contribution in [1.29, 1.82) is 0 Å². The van der Waals surface area contributed by atoms with Crippen LogP contribution in [0.2, 0.25) is 0 Å². The van der Waals surface area contributed by atoms with Crippen LogP contribution in [0.3, 0.4) is 0 Å². The molecule has 20 heavy (non-hydrogen) atoms. The molecule has 0 bridgehead atoms. The highest BCUT2D eigenvalue weighted by molar-refractivity contribution is 5.86. The summed E-state index contributed by atoms with van der Waals surface area (Å²) in [5.74, 6) is -1.31. The van der Waals surface area contributed by atoms with Gasteiger partial charge in [0.25, 0.3) is 0 Å². The lowest BCUT2D eigenvalue weighted by Crippen LogP contribution is -2.44. The van der Waals surface area contributed by atoms with E-state index in [9.17, 15) is 9.59 Å². The van der Waals surface area contributed by atoms with Crippen LogP contribution in [0, 0.1) is 0 Å². The second-order valence-electron chi connectivity index (χ2n) is 5.43. The van der Waals surface area contributed by atoms with E-state index in [4.69, 9.17) is 5.11 Å². The average molecular weight is 275 g/mol. The lowest BCUT2D eigenvalue weighted by atomic mass is 9.98. The standard InChI is InChI=1S/C16H21NO3/c1-12(13-7-3-2-4-8-13)16(20)17(11-15(18)19)14-9-5-6-10-14/h2-4,7-8,12,14H,5-6,9-11H2,1H3,(H,18,19). The van der Waals surface area contributed by atoms with Crippen LogP contribution in [0.25, 0.3) is 0 Å². The Bertz CT molecular complexity index is 466. The SMILES string of the molecule is CC(C(=O)N(CC(=O)O)C1CCCC1)c1ccccc1. The molecule has 1 aromatic carbocycles. The van der Waals surface area contributed by atoms with Crippen LogP contribution in [0.15, 0.2) is 30.3 Å². The van der Waals surface area contributed by atoms with E-state index in [1.165, 1.54) is 0 Å². The van der Waals surface area contributed by atoms with Gasteiger partial charge in [0.05, 0.1) is 5.92 Å². The fraction of sp³-hybridized carbons (Fsp3) is 0.500. The number of aliphatic carboxylic acids is 1. The van der Waals surface area contributed by atoms with Crippen molar-refractivity contribution in [3.63, 3.8) is 0 Å². The predicted molar refractivity (Wildman–Crippen MR) is 76.5 cm³/mol. The topological polar surface area (TPSA) is 57.6 Å². The number of carbonyl (C=O) groups excluding carboxylic acids is 1. The first-order valence-corrected chi connectivity index (χ1v) is 7.17. The van der Waals surface area contributed by atoms with Crippen molar-refractivity contribution in [1.82, 2.24) is 4.90 Å². The Morgan fingerprint density at radius 2 is 1.85 bits per heavy atom. The molecule has 0 radical (unpaired) electrons.